The molecule has 4 nitrogen and oxygen atoms in total. The zero-order valence-electron chi connectivity index (χ0n) is 13.2. The third-order valence-electron chi connectivity index (χ3n) is 5.00. The van der Waals surface area contributed by atoms with Crippen molar-refractivity contribution in [3.63, 3.8) is 0 Å². The van der Waals surface area contributed by atoms with E-state index >= 15 is 0 Å². The maximum absolute atomic E-state index is 12.3. The lowest BCUT2D eigenvalue weighted by atomic mass is 9.87. The zero-order valence-corrected chi connectivity index (χ0v) is 13.2. The van der Waals surface area contributed by atoms with Crippen LogP contribution in [-0.4, -0.2) is 60.1 Å². The van der Waals surface area contributed by atoms with Crippen molar-refractivity contribution in [2.24, 2.45) is 11.8 Å². The molecule has 2 aliphatic rings. The Labute approximate surface area is 123 Å². The van der Waals surface area contributed by atoms with E-state index in [1.54, 1.807) is 0 Å². The van der Waals surface area contributed by atoms with E-state index in [4.69, 9.17) is 0 Å². The second kappa shape index (κ2) is 6.90. The molecular weight excluding hydrogens is 252 g/mol. The van der Waals surface area contributed by atoms with Crippen LogP contribution in [0.25, 0.3) is 0 Å². The molecule has 0 radical (unpaired) electrons. The Bertz CT molecular complexity index is 322. The van der Waals surface area contributed by atoms with Crippen molar-refractivity contribution < 1.29 is 9.90 Å². The average Bonchev–Trinajstić information content (AvgIpc) is 3.22. The van der Waals surface area contributed by atoms with Crippen LogP contribution in [0.1, 0.15) is 45.4 Å². The summed E-state index contributed by atoms with van der Waals surface area (Å²) in [5, 5.41) is 9.92. The molecule has 1 N–H and O–H groups in total. The Kier molecular flexibility index (Phi) is 5.44. The SMILES string of the molecule is CC1CCC(N(C)C(=O)CN(C)CC(O)C2CC2)CC1. The molecule has 0 bridgehead atoms. The Morgan fingerprint density at radius 3 is 2.30 bits per heavy atom. The number of carbonyl (C=O) groups is 1. The van der Waals surface area contributed by atoms with Crippen LogP contribution < -0.4 is 0 Å². The molecule has 0 saturated heterocycles. The van der Waals surface area contributed by atoms with E-state index in [9.17, 15) is 9.90 Å². The second-order valence-electron chi connectivity index (χ2n) is 7.02. The number of likely N-dealkylation sites (N-methyl/N-ethyl adjacent to an activating group) is 2. The molecule has 0 heterocycles. The van der Waals surface area contributed by atoms with E-state index in [-0.39, 0.29) is 12.0 Å². The predicted molar refractivity (Wildman–Crippen MR) is 80.4 cm³/mol. The molecule has 2 rings (SSSR count). The van der Waals surface area contributed by atoms with Crippen LogP contribution in [0, 0.1) is 11.8 Å². The van der Waals surface area contributed by atoms with Crippen molar-refractivity contribution in [1.29, 1.82) is 0 Å². The monoisotopic (exact) mass is 282 g/mol. The van der Waals surface area contributed by atoms with Gasteiger partial charge < -0.3 is 10.0 Å². The summed E-state index contributed by atoms with van der Waals surface area (Å²) in [5.74, 6) is 1.48. The van der Waals surface area contributed by atoms with Crippen LogP contribution in [0.3, 0.4) is 0 Å². The lowest BCUT2D eigenvalue weighted by molar-refractivity contribution is -0.133. The van der Waals surface area contributed by atoms with Gasteiger partial charge in [0.05, 0.1) is 12.6 Å². The highest BCUT2D eigenvalue weighted by molar-refractivity contribution is 5.78. The van der Waals surface area contributed by atoms with E-state index in [1.807, 2.05) is 23.9 Å². The number of carbonyl (C=O) groups excluding carboxylic acids is 1. The van der Waals surface area contributed by atoms with Gasteiger partial charge in [-0.05, 0) is 57.4 Å². The van der Waals surface area contributed by atoms with E-state index in [2.05, 4.69) is 6.92 Å². The first kappa shape index (κ1) is 15.8. The number of hydrogen-bond acceptors (Lipinski definition) is 3. The van der Waals surface area contributed by atoms with Gasteiger partial charge in [-0.1, -0.05) is 6.92 Å². The van der Waals surface area contributed by atoms with E-state index in [1.165, 1.54) is 12.8 Å². The minimum absolute atomic E-state index is 0.190. The minimum atomic E-state index is -0.256. The molecule has 20 heavy (non-hydrogen) atoms. The predicted octanol–water partition coefficient (Wildman–Crippen LogP) is 1.73. The molecule has 116 valence electrons. The lowest BCUT2D eigenvalue weighted by Crippen LogP contribution is -2.45. The van der Waals surface area contributed by atoms with Crippen LogP contribution in [0.5, 0.6) is 0 Å². The van der Waals surface area contributed by atoms with Gasteiger partial charge in [0.2, 0.25) is 5.91 Å². The number of amides is 1. The molecule has 2 aliphatic carbocycles. The molecule has 2 fully saturated rings. The summed E-state index contributed by atoms with van der Waals surface area (Å²) in [4.78, 5) is 16.2. The van der Waals surface area contributed by atoms with Gasteiger partial charge in [-0.25, -0.2) is 0 Å². The molecule has 1 amide bonds. The van der Waals surface area contributed by atoms with Crippen molar-refractivity contribution >= 4 is 5.91 Å². The standard InChI is InChI=1S/C16H30N2O2/c1-12-4-8-14(9-5-12)18(3)16(20)11-17(2)10-15(19)13-6-7-13/h12-15,19H,4-11H2,1-3H3. The van der Waals surface area contributed by atoms with Gasteiger partial charge in [0, 0.05) is 19.6 Å². The van der Waals surface area contributed by atoms with Gasteiger partial charge in [-0.3, -0.25) is 9.69 Å². The Morgan fingerprint density at radius 1 is 1.15 bits per heavy atom. The minimum Gasteiger partial charge on any atom is -0.392 e. The van der Waals surface area contributed by atoms with Crippen molar-refractivity contribution in [2.45, 2.75) is 57.6 Å². The average molecular weight is 282 g/mol. The van der Waals surface area contributed by atoms with Gasteiger partial charge in [0.25, 0.3) is 0 Å². The third-order valence-corrected chi connectivity index (χ3v) is 5.00. The molecule has 0 aromatic rings. The maximum atomic E-state index is 12.3. The number of nitrogens with zero attached hydrogens (tertiary/aromatic N) is 2. The number of hydrogen-bond donors (Lipinski definition) is 1. The summed E-state index contributed by atoms with van der Waals surface area (Å²) in [5.41, 5.74) is 0. The first-order valence-corrected chi connectivity index (χ1v) is 8.09. The third kappa shape index (κ3) is 4.45. The summed E-state index contributed by atoms with van der Waals surface area (Å²) in [7, 11) is 3.87. The molecule has 1 atom stereocenters. The first-order valence-electron chi connectivity index (χ1n) is 8.09. The first-order chi connectivity index (χ1) is 9.47. The van der Waals surface area contributed by atoms with E-state index < -0.39 is 0 Å². The zero-order chi connectivity index (χ0) is 14.7. The summed E-state index contributed by atoms with van der Waals surface area (Å²) in [6.07, 6.45) is 6.77. The quantitative estimate of drug-likeness (QED) is 0.807. The molecule has 0 aromatic heterocycles. The van der Waals surface area contributed by atoms with Crippen molar-refractivity contribution in [1.82, 2.24) is 9.80 Å². The highest BCUT2D eigenvalue weighted by atomic mass is 16.3. The van der Waals surface area contributed by atoms with Gasteiger partial charge in [0.15, 0.2) is 0 Å². The number of aliphatic hydroxyl groups is 1. The largest absolute Gasteiger partial charge is 0.392 e. The van der Waals surface area contributed by atoms with Crippen LogP contribution >= 0.6 is 0 Å². The summed E-state index contributed by atoms with van der Waals surface area (Å²) in [6, 6.07) is 0.417. The Balaban J connectivity index is 1.72. The number of rotatable bonds is 6. The highest BCUT2D eigenvalue weighted by Crippen LogP contribution is 2.32. The van der Waals surface area contributed by atoms with Crippen molar-refractivity contribution in [2.75, 3.05) is 27.2 Å². The van der Waals surface area contributed by atoms with E-state index in [0.29, 0.717) is 25.0 Å². The maximum Gasteiger partial charge on any atom is 0.236 e. The molecule has 2 saturated carbocycles. The highest BCUT2D eigenvalue weighted by Gasteiger charge is 2.31. The van der Waals surface area contributed by atoms with Crippen LogP contribution in [-0.2, 0) is 4.79 Å². The topological polar surface area (TPSA) is 43.8 Å². The number of aliphatic hydroxyl groups excluding tert-OH is 1. The van der Waals surface area contributed by atoms with Gasteiger partial charge in [-0.15, -0.1) is 0 Å². The van der Waals surface area contributed by atoms with Gasteiger partial charge in [-0.2, -0.15) is 0 Å². The van der Waals surface area contributed by atoms with Crippen LogP contribution in [0.15, 0.2) is 0 Å². The molecular formula is C16H30N2O2. The fourth-order valence-electron chi connectivity index (χ4n) is 3.19. The summed E-state index contributed by atoms with van der Waals surface area (Å²) in [6.45, 7) is 3.34. The summed E-state index contributed by atoms with van der Waals surface area (Å²) < 4.78 is 0. The normalized spacial score (nSPS) is 28.4. The fraction of sp³-hybridized carbons (Fsp3) is 0.938. The molecule has 4 heteroatoms. The van der Waals surface area contributed by atoms with Gasteiger partial charge in [0.1, 0.15) is 0 Å². The molecule has 0 aliphatic heterocycles. The second-order valence-corrected chi connectivity index (χ2v) is 7.02. The van der Waals surface area contributed by atoms with E-state index in [0.717, 1.165) is 31.6 Å². The summed E-state index contributed by atoms with van der Waals surface area (Å²) >= 11 is 0. The Hall–Kier alpha value is -0.610. The van der Waals surface area contributed by atoms with Crippen molar-refractivity contribution in [3.8, 4) is 0 Å². The molecule has 0 spiro atoms. The van der Waals surface area contributed by atoms with Gasteiger partial charge >= 0.3 is 0 Å². The Morgan fingerprint density at radius 2 is 1.75 bits per heavy atom. The van der Waals surface area contributed by atoms with Crippen LogP contribution in [0.4, 0.5) is 0 Å². The van der Waals surface area contributed by atoms with Crippen LogP contribution in [0.2, 0.25) is 0 Å². The van der Waals surface area contributed by atoms with Crippen molar-refractivity contribution in [3.05, 3.63) is 0 Å². The molecule has 1 unspecified atom stereocenters. The lowest BCUT2D eigenvalue weighted by Gasteiger charge is -2.34. The molecule has 0 aromatic carbocycles. The fourth-order valence-corrected chi connectivity index (χ4v) is 3.19. The smallest absolute Gasteiger partial charge is 0.236 e.